The topological polar surface area (TPSA) is 49.8 Å². The van der Waals surface area contributed by atoms with Gasteiger partial charge in [-0.25, -0.2) is 9.97 Å². The molecule has 1 fully saturated rings. The van der Waals surface area contributed by atoms with Crippen LogP contribution in [-0.4, -0.2) is 23.1 Å². The summed E-state index contributed by atoms with van der Waals surface area (Å²) in [5, 5.41) is 6.88. The van der Waals surface area contributed by atoms with Crippen molar-refractivity contribution in [1.82, 2.24) is 9.97 Å². The summed E-state index contributed by atoms with van der Waals surface area (Å²) in [6, 6.07) is 0.536. The second-order valence-corrected chi connectivity index (χ2v) is 6.07. The van der Waals surface area contributed by atoms with E-state index in [0.29, 0.717) is 12.0 Å². The fourth-order valence-corrected chi connectivity index (χ4v) is 3.20. The highest BCUT2D eigenvalue weighted by atomic mass is 15.1. The van der Waals surface area contributed by atoms with Crippen molar-refractivity contribution in [2.75, 3.05) is 17.7 Å². The number of nitrogens with one attached hydrogen (secondary N) is 2. The molecule has 1 aliphatic rings. The van der Waals surface area contributed by atoms with Crippen molar-refractivity contribution in [1.29, 1.82) is 0 Å². The Morgan fingerprint density at radius 3 is 2.65 bits per heavy atom. The van der Waals surface area contributed by atoms with Crippen molar-refractivity contribution < 1.29 is 0 Å². The van der Waals surface area contributed by atoms with Crippen LogP contribution in [0.1, 0.15) is 52.0 Å². The molecule has 2 rings (SSSR count). The molecule has 3 atom stereocenters. The summed E-state index contributed by atoms with van der Waals surface area (Å²) in [4.78, 5) is 8.84. The summed E-state index contributed by atoms with van der Waals surface area (Å²) in [6.45, 7) is 6.92. The minimum atomic E-state index is 0.536. The van der Waals surface area contributed by atoms with E-state index >= 15 is 0 Å². The highest BCUT2D eigenvalue weighted by molar-refractivity contribution is 5.57. The molecule has 2 N–H and O–H groups in total. The van der Waals surface area contributed by atoms with Crippen LogP contribution in [0.25, 0.3) is 0 Å². The first-order valence-corrected chi connectivity index (χ1v) is 7.95. The quantitative estimate of drug-likeness (QED) is 0.861. The third-order valence-corrected chi connectivity index (χ3v) is 4.71. The fraction of sp³-hybridized carbons (Fsp3) is 0.750. The lowest BCUT2D eigenvalue weighted by molar-refractivity contribution is 0.252. The highest BCUT2D eigenvalue weighted by Gasteiger charge is 2.27. The molecule has 1 heterocycles. The summed E-state index contributed by atoms with van der Waals surface area (Å²) in [6.07, 6.45) is 7.69. The van der Waals surface area contributed by atoms with Gasteiger partial charge in [0.1, 0.15) is 18.0 Å². The predicted octanol–water partition coefficient (Wildman–Crippen LogP) is 3.71. The lowest BCUT2D eigenvalue weighted by atomic mass is 9.78. The smallest absolute Gasteiger partial charge is 0.134 e. The number of anilines is 2. The van der Waals surface area contributed by atoms with Crippen LogP contribution in [0.3, 0.4) is 0 Å². The van der Waals surface area contributed by atoms with Crippen LogP contribution in [0, 0.1) is 11.8 Å². The Balaban J connectivity index is 2.19. The van der Waals surface area contributed by atoms with Gasteiger partial charge < -0.3 is 10.6 Å². The average molecular weight is 276 g/mol. The van der Waals surface area contributed by atoms with Crippen LogP contribution in [0.4, 0.5) is 11.6 Å². The maximum absolute atomic E-state index is 4.50. The van der Waals surface area contributed by atoms with Crippen molar-refractivity contribution in [3.8, 4) is 0 Å². The molecule has 0 spiro atoms. The van der Waals surface area contributed by atoms with Crippen LogP contribution in [0.5, 0.6) is 0 Å². The number of rotatable bonds is 5. The Hall–Kier alpha value is -1.32. The van der Waals surface area contributed by atoms with Gasteiger partial charge in [0, 0.05) is 18.7 Å². The third kappa shape index (κ3) is 3.22. The van der Waals surface area contributed by atoms with E-state index in [9.17, 15) is 0 Å². The number of nitrogens with zero attached hydrogens (tertiary/aromatic N) is 2. The minimum Gasteiger partial charge on any atom is -0.373 e. The van der Waals surface area contributed by atoms with Crippen molar-refractivity contribution in [2.24, 2.45) is 11.8 Å². The Kier molecular flexibility index (Phi) is 5.21. The first-order valence-electron chi connectivity index (χ1n) is 7.95. The largest absolute Gasteiger partial charge is 0.373 e. The number of hydrogen-bond donors (Lipinski definition) is 2. The van der Waals surface area contributed by atoms with Gasteiger partial charge in [-0.2, -0.15) is 0 Å². The molecule has 0 bridgehead atoms. The molecule has 1 aliphatic carbocycles. The fourth-order valence-electron chi connectivity index (χ4n) is 3.20. The Morgan fingerprint density at radius 2 is 1.95 bits per heavy atom. The molecule has 1 saturated carbocycles. The minimum absolute atomic E-state index is 0.536. The number of aromatic nitrogens is 2. The Labute approximate surface area is 122 Å². The summed E-state index contributed by atoms with van der Waals surface area (Å²) in [5.41, 5.74) is 1.22. The van der Waals surface area contributed by atoms with E-state index in [1.807, 2.05) is 7.05 Å². The SMILES string of the molecule is CCCc1c(NC)ncnc1NC1CCCC(C)C1C. The molecule has 0 radical (unpaired) electrons. The van der Waals surface area contributed by atoms with Crippen LogP contribution in [0.2, 0.25) is 0 Å². The van der Waals surface area contributed by atoms with Gasteiger partial charge in [-0.05, 0) is 24.7 Å². The van der Waals surface area contributed by atoms with Crippen molar-refractivity contribution in [3.05, 3.63) is 11.9 Å². The van der Waals surface area contributed by atoms with E-state index in [1.54, 1.807) is 6.33 Å². The summed E-state index contributed by atoms with van der Waals surface area (Å²) in [7, 11) is 1.93. The van der Waals surface area contributed by atoms with Gasteiger partial charge in [0.2, 0.25) is 0 Å². The van der Waals surface area contributed by atoms with Gasteiger partial charge in [-0.3, -0.25) is 0 Å². The molecule has 1 aromatic rings. The highest BCUT2D eigenvalue weighted by Crippen LogP contribution is 2.32. The van der Waals surface area contributed by atoms with Crippen LogP contribution < -0.4 is 10.6 Å². The Bertz CT molecular complexity index is 432. The predicted molar refractivity (Wildman–Crippen MR) is 85.2 cm³/mol. The normalized spacial score (nSPS) is 26.3. The molecule has 4 heteroatoms. The van der Waals surface area contributed by atoms with Gasteiger partial charge in [0.15, 0.2) is 0 Å². The van der Waals surface area contributed by atoms with Gasteiger partial charge in [-0.1, -0.05) is 40.0 Å². The molecule has 1 aromatic heterocycles. The molecule has 0 aromatic carbocycles. The van der Waals surface area contributed by atoms with E-state index in [-0.39, 0.29) is 0 Å². The van der Waals surface area contributed by atoms with Gasteiger partial charge >= 0.3 is 0 Å². The maximum Gasteiger partial charge on any atom is 0.134 e. The van der Waals surface area contributed by atoms with E-state index in [1.165, 1.54) is 24.8 Å². The van der Waals surface area contributed by atoms with E-state index < -0.39 is 0 Å². The zero-order valence-corrected chi connectivity index (χ0v) is 13.2. The van der Waals surface area contributed by atoms with Gasteiger partial charge in [-0.15, -0.1) is 0 Å². The molecule has 4 nitrogen and oxygen atoms in total. The van der Waals surface area contributed by atoms with Crippen molar-refractivity contribution in [3.63, 3.8) is 0 Å². The molecule has 3 unspecified atom stereocenters. The molecule has 0 amide bonds. The molecule has 112 valence electrons. The van der Waals surface area contributed by atoms with Crippen LogP contribution in [-0.2, 0) is 6.42 Å². The third-order valence-electron chi connectivity index (χ3n) is 4.71. The first kappa shape index (κ1) is 15.1. The van der Waals surface area contributed by atoms with Crippen LogP contribution >= 0.6 is 0 Å². The standard InChI is InChI=1S/C16H28N4/c1-5-7-13-15(17-4)18-10-19-16(13)20-14-9-6-8-11(2)12(14)3/h10-12,14H,5-9H2,1-4H3,(H2,17,18,19,20). The van der Waals surface area contributed by atoms with E-state index in [2.05, 4.69) is 41.4 Å². The second-order valence-electron chi connectivity index (χ2n) is 6.07. The summed E-state index contributed by atoms with van der Waals surface area (Å²) in [5.74, 6) is 3.48. The second kappa shape index (κ2) is 6.91. The molecular weight excluding hydrogens is 248 g/mol. The van der Waals surface area contributed by atoms with Gasteiger partial charge in [0.05, 0.1) is 0 Å². The molecule has 0 saturated heterocycles. The van der Waals surface area contributed by atoms with Gasteiger partial charge in [0.25, 0.3) is 0 Å². The maximum atomic E-state index is 4.50. The zero-order chi connectivity index (χ0) is 14.5. The summed E-state index contributed by atoms with van der Waals surface area (Å²) < 4.78 is 0. The summed E-state index contributed by atoms with van der Waals surface area (Å²) >= 11 is 0. The molecule has 20 heavy (non-hydrogen) atoms. The van der Waals surface area contributed by atoms with Crippen molar-refractivity contribution >= 4 is 11.6 Å². The van der Waals surface area contributed by atoms with Crippen LogP contribution in [0.15, 0.2) is 6.33 Å². The number of hydrogen-bond acceptors (Lipinski definition) is 4. The lowest BCUT2D eigenvalue weighted by Gasteiger charge is -2.35. The average Bonchev–Trinajstić information content (AvgIpc) is 2.46. The monoisotopic (exact) mass is 276 g/mol. The van der Waals surface area contributed by atoms with Crippen molar-refractivity contribution in [2.45, 2.75) is 58.9 Å². The molecule has 0 aliphatic heterocycles. The first-order chi connectivity index (χ1) is 9.67. The zero-order valence-electron chi connectivity index (χ0n) is 13.2. The Morgan fingerprint density at radius 1 is 1.20 bits per heavy atom. The lowest BCUT2D eigenvalue weighted by Crippen LogP contribution is -2.35. The van der Waals surface area contributed by atoms with E-state index in [4.69, 9.17) is 0 Å². The molecular formula is C16H28N4. The van der Waals surface area contributed by atoms with E-state index in [0.717, 1.165) is 30.4 Å².